The third-order valence-electron chi connectivity index (χ3n) is 3.31. The highest BCUT2D eigenvalue weighted by Crippen LogP contribution is 2.29. The van der Waals surface area contributed by atoms with Crippen molar-refractivity contribution in [2.24, 2.45) is 5.92 Å². The molecule has 1 aliphatic rings. The molecule has 0 aliphatic carbocycles. The third kappa shape index (κ3) is 2.19. The lowest BCUT2D eigenvalue weighted by Gasteiger charge is -2.15. The van der Waals surface area contributed by atoms with Crippen LogP contribution in [0.15, 0.2) is 12.1 Å². The van der Waals surface area contributed by atoms with E-state index in [9.17, 15) is 4.39 Å². The van der Waals surface area contributed by atoms with Gasteiger partial charge in [-0.2, -0.15) is 0 Å². The Labute approximate surface area is 95.8 Å². The van der Waals surface area contributed by atoms with Crippen molar-refractivity contribution in [1.29, 1.82) is 0 Å². The van der Waals surface area contributed by atoms with Crippen LogP contribution in [-0.4, -0.2) is 20.2 Å². The van der Waals surface area contributed by atoms with Crippen LogP contribution in [0.1, 0.15) is 17.5 Å². The second kappa shape index (κ2) is 4.83. The smallest absolute Gasteiger partial charge is 0.165 e. The van der Waals surface area contributed by atoms with E-state index in [0.29, 0.717) is 11.7 Å². The van der Waals surface area contributed by atoms with Crippen molar-refractivity contribution in [3.8, 4) is 5.75 Å². The second-order valence-corrected chi connectivity index (χ2v) is 4.44. The lowest BCUT2D eigenvalue weighted by atomic mass is 9.94. The summed E-state index contributed by atoms with van der Waals surface area (Å²) in [6.45, 7) is 4.11. The Morgan fingerprint density at radius 2 is 2.31 bits per heavy atom. The van der Waals surface area contributed by atoms with E-state index >= 15 is 0 Å². The van der Waals surface area contributed by atoms with Gasteiger partial charge in [-0.25, -0.2) is 4.39 Å². The van der Waals surface area contributed by atoms with Crippen LogP contribution in [0.2, 0.25) is 0 Å². The van der Waals surface area contributed by atoms with Crippen LogP contribution in [-0.2, 0) is 6.42 Å². The Kier molecular flexibility index (Phi) is 3.44. The summed E-state index contributed by atoms with van der Waals surface area (Å²) in [5, 5.41) is 3.33. The van der Waals surface area contributed by atoms with Gasteiger partial charge in [-0.1, -0.05) is 6.07 Å². The van der Waals surface area contributed by atoms with Crippen molar-refractivity contribution in [2.45, 2.75) is 19.8 Å². The number of hydrogen-bond acceptors (Lipinski definition) is 2. The molecule has 1 atom stereocenters. The molecule has 0 bridgehead atoms. The van der Waals surface area contributed by atoms with E-state index < -0.39 is 0 Å². The number of nitrogens with one attached hydrogen (secondary N) is 1. The molecule has 1 N–H and O–H groups in total. The standard InChI is InChI=1S/C13H18FNO/c1-9-3-4-12(14)13(16-2)11(9)7-10-5-6-15-8-10/h3-4,10,15H,5-8H2,1-2H3. The van der Waals surface area contributed by atoms with Gasteiger partial charge in [0.1, 0.15) is 0 Å². The molecule has 1 aromatic carbocycles. The Hall–Kier alpha value is -1.09. The summed E-state index contributed by atoms with van der Waals surface area (Å²) >= 11 is 0. The highest BCUT2D eigenvalue weighted by Gasteiger charge is 2.19. The van der Waals surface area contributed by atoms with Crippen molar-refractivity contribution in [1.82, 2.24) is 5.32 Å². The first-order valence-electron chi connectivity index (χ1n) is 5.75. The normalized spacial score (nSPS) is 20.1. The summed E-state index contributed by atoms with van der Waals surface area (Å²) in [7, 11) is 1.54. The van der Waals surface area contributed by atoms with E-state index in [2.05, 4.69) is 5.32 Å². The average Bonchev–Trinajstić information content (AvgIpc) is 2.77. The van der Waals surface area contributed by atoms with Gasteiger partial charge in [-0.05, 0) is 50.4 Å². The molecule has 0 saturated carbocycles. The zero-order valence-electron chi connectivity index (χ0n) is 9.85. The van der Waals surface area contributed by atoms with Crippen LogP contribution in [0.4, 0.5) is 4.39 Å². The van der Waals surface area contributed by atoms with Gasteiger partial charge in [0, 0.05) is 5.56 Å². The van der Waals surface area contributed by atoms with Crippen LogP contribution in [0.3, 0.4) is 0 Å². The van der Waals surface area contributed by atoms with Crippen LogP contribution >= 0.6 is 0 Å². The number of ether oxygens (including phenoxy) is 1. The van der Waals surface area contributed by atoms with E-state index in [1.807, 2.05) is 13.0 Å². The average molecular weight is 223 g/mol. The minimum atomic E-state index is -0.256. The van der Waals surface area contributed by atoms with E-state index in [4.69, 9.17) is 4.74 Å². The van der Waals surface area contributed by atoms with Gasteiger partial charge < -0.3 is 10.1 Å². The van der Waals surface area contributed by atoms with Gasteiger partial charge in [0.25, 0.3) is 0 Å². The molecule has 1 saturated heterocycles. The number of halogens is 1. The van der Waals surface area contributed by atoms with Gasteiger partial charge in [0.05, 0.1) is 7.11 Å². The molecule has 1 aromatic rings. The van der Waals surface area contributed by atoms with Crippen LogP contribution in [0, 0.1) is 18.7 Å². The molecule has 88 valence electrons. The Balaban J connectivity index is 2.26. The van der Waals surface area contributed by atoms with E-state index in [-0.39, 0.29) is 5.82 Å². The highest BCUT2D eigenvalue weighted by molar-refractivity contribution is 5.41. The number of rotatable bonds is 3. The van der Waals surface area contributed by atoms with Gasteiger partial charge in [-0.3, -0.25) is 0 Å². The molecule has 1 unspecified atom stereocenters. The molecule has 0 aromatic heterocycles. The molecule has 0 radical (unpaired) electrons. The van der Waals surface area contributed by atoms with E-state index in [0.717, 1.165) is 30.6 Å². The lowest BCUT2D eigenvalue weighted by Crippen LogP contribution is -2.12. The summed E-state index contributed by atoms with van der Waals surface area (Å²) in [5.41, 5.74) is 2.14. The SMILES string of the molecule is COc1c(F)ccc(C)c1CC1CCNC1. The Bertz CT molecular complexity index is 372. The van der Waals surface area contributed by atoms with E-state index in [1.54, 1.807) is 0 Å². The molecule has 1 fully saturated rings. The fourth-order valence-electron chi connectivity index (χ4n) is 2.35. The van der Waals surface area contributed by atoms with Gasteiger partial charge in [-0.15, -0.1) is 0 Å². The Morgan fingerprint density at radius 1 is 1.50 bits per heavy atom. The maximum absolute atomic E-state index is 13.6. The maximum atomic E-state index is 13.6. The van der Waals surface area contributed by atoms with Crippen molar-refractivity contribution in [3.05, 3.63) is 29.1 Å². The highest BCUT2D eigenvalue weighted by atomic mass is 19.1. The summed E-state index contributed by atoms with van der Waals surface area (Å²) in [6, 6.07) is 3.31. The fraction of sp³-hybridized carbons (Fsp3) is 0.538. The predicted octanol–water partition coefficient (Wildman–Crippen LogP) is 2.29. The molecule has 3 heteroatoms. The third-order valence-corrected chi connectivity index (χ3v) is 3.31. The van der Waals surface area contributed by atoms with Gasteiger partial charge >= 0.3 is 0 Å². The Morgan fingerprint density at radius 3 is 2.94 bits per heavy atom. The number of methoxy groups -OCH3 is 1. The van der Waals surface area contributed by atoms with Crippen LogP contribution in [0.25, 0.3) is 0 Å². The molecular weight excluding hydrogens is 205 g/mol. The molecule has 16 heavy (non-hydrogen) atoms. The van der Waals surface area contributed by atoms with Crippen molar-refractivity contribution in [2.75, 3.05) is 20.2 Å². The first kappa shape index (κ1) is 11.4. The zero-order chi connectivity index (χ0) is 11.5. The molecule has 0 amide bonds. The number of benzene rings is 1. The van der Waals surface area contributed by atoms with Gasteiger partial charge in [0.15, 0.2) is 11.6 Å². The minimum absolute atomic E-state index is 0.256. The summed E-state index contributed by atoms with van der Waals surface area (Å²) in [5.74, 6) is 0.773. The van der Waals surface area contributed by atoms with Crippen molar-refractivity contribution >= 4 is 0 Å². The van der Waals surface area contributed by atoms with Crippen molar-refractivity contribution < 1.29 is 9.13 Å². The lowest BCUT2D eigenvalue weighted by molar-refractivity contribution is 0.377. The number of hydrogen-bond donors (Lipinski definition) is 1. The first-order chi connectivity index (χ1) is 7.72. The number of aryl methyl sites for hydroxylation is 1. The molecule has 1 aliphatic heterocycles. The largest absolute Gasteiger partial charge is 0.493 e. The van der Waals surface area contributed by atoms with Crippen molar-refractivity contribution in [3.63, 3.8) is 0 Å². The van der Waals surface area contributed by atoms with Gasteiger partial charge in [0.2, 0.25) is 0 Å². The van der Waals surface area contributed by atoms with E-state index in [1.165, 1.54) is 19.6 Å². The molecule has 2 nitrogen and oxygen atoms in total. The first-order valence-corrected chi connectivity index (χ1v) is 5.75. The summed E-state index contributed by atoms with van der Waals surface area (Å²) < 4.78 is 18.7. The molecule has 1 heterocycles. The summed E-state index contributed by atoms with van der Waals surface area (Å²) in [4.78, 5) is 0. The second-order valence-electron chi connectivity index (χ2n) is 4.44. The van der Waals surface area contributed by atoms with Crippen LogP contribution in [0.5, 0.6) is 5.75 Å². The quantitative estimate of drug-likeness (QED) is 0.849. The topological polar surface area (TPSA) is 21.3 Å². The predicted molar refractivity (Wildman–Crippen MR) is 62.4 cm³/mol. The summed E-state index contributed by atoms with van der Waals surface area (Å²) in [6.07, 6.45) is 2.07. The molecule has 2 rings (SSSR count). The van der Waals surface area contributed by atoms with Crippen LogP contribution < -0.4 is 10.1 Å². The molecular formula is C13H18FNO. The monoisotopic (exact) mass is 223 g/mol. The zero-order valence-corrected chi connectivity index (χ0v) is 9.85. The molecule has 0 spiro atoms. The maximum Gasteiger partial charge on any atom is 0.165 e. The fourth-order valence-corrected chi connectivity index (χ4v) is 2.35. The minimum Gasteiger partial charge on any atom is -0.493 e.